The topological polar surface area (TPSA) is 50.4 Å². The quantitative estimate of drug-likeness (QED) is 0.712. The Bertz CT molecular complexity index is 874. The minimum Gasteiger partial charge on any atom is -0.378 e. The van der Waals surface area contributed by atoms with Crippen LogP contribution in [0.2, 0.25) is 0 Å². The Hall–Kier alpha value is -2.63. The summed E-state index contributed by atoms with van der Waals surface area (Å²) in [7, 11) is 0. The highest BCUT2D eigenvalue weighted by Gasteiger charge is 2.18. The molecule has 0 radical (unpaired) electrons. The van der Waals surface area contributed by atoms with Crippen molar-refractivity contribution in [2.75, 3.05) is 39.5 Å². The van der Waals surface area contributed by atoms with Gasteiger partial charge >= 0.3 is 0 Å². The van der Waals surface area contributed by atoms with Gasteiger partial charge in [0.15, 0.2) is 0 Å². The molecule has 0 saturated carbocycles. The fourth-order valence-corrected chi connectivity index (χ4v) is 3.69. The van der Waals surface area contributed by atoms with Gasteiger partial charge in [-0.05, 0) is 25.0 Å². The third-order valence-corrected chi connectivity index (χ3v) is 5.36. The SMILES string of the molecule is CCOC/C=C/c1ccc(-c2ncc(C3C=CC(N4CCOCC4)=CC3)[nH]2)cc1. The number of morpholine rings is 1. The van der Waals surface area contributed by atoms with Crippen molar-refractivity contribution in [1.29, 1.82) is 0 Å². The zero-order valence-electron chi connectivity index (χ0n) is 17.0. The molecule has 4 rings (SSSR count). The summed E-state index contributed by atoms with van der Waals surface area (Å²) in [5.41, 5.74) is 4.74. The number of nitrogens with zero attached hydrogens (tertiary/aromatic N) is 2. The summed E-state index contributed by atoms with van der Waals surface area (Å²) in [6.07, 6.45) is 13.9. The van der Waals surface area contributed by atoms with Crippen LogP contribution in [0.4, 0.5) is 0 Å². The van der Waals surface area contributed by atoms with Gasteiger partial charge in [-0.1, -0.05) is 48.6 Å². The minimum atomic E-state index is 0.349. The maximum Gasteiger partial charge on any atom is 0.137 e. The number of benzene rings is 1. The Morgan fingerprint density at radius 3 is 2.79 bits per heavy atom. The first-order valence-electron chi connectivity index (χ1n) is 10.4. The van der Waals surface area contributed by atoms with E-state index in [1.165, 1.54) is 5.70 Å². The lowest BCUT2D eigenvalue weighted by molar-refractivity contribution is 0.0551. The van der Waals surface area contributed by atoms with E-state index in [1.807, 2.05) is 19.2 Å². The molecule has 0 bridgehead atoms. The van der Waals surface area contributed by atoms with Crippen LogP contribution in [0.1, 0.15) is 30.5 Å². The van der Waals surface area contributed by atoms with Gasteiger partial charge in [0.05, 0.1) is 19.8 Å². The van der Waals surface area contributed by atoms with E-state index in [2.05, 4.69) is 63.4 Å². The van der Waals surface area contributed by atoms with Crippen molar-refractivity contribution in [2.45, 2.75) is 19.3 Å². The van der Waals surface area contributed by atoms with E-state index in [0.29, 0.717) is 12.5 Å². The number of hydrogen-bond acceptors (Lipinski definition) is 4. The molecule has 1 N–H and O–H groups in total. The molecule has 0 spiro atoms. The molecule has 5 nitrogen and oxygen atoms in total. The maximum absolute atomic E-state index is 5.45. The number of ether oxygens (including phenoxy) is 2. The second-order valence-electron chi connectivity index (χ2n) is 7.30. The van der Waals surface area contributed by atoms with Gasteiger partial charge in [-0.15, -0.1) is 0 Å². The van der Waals surface area contributed by atoms with Crippen molar-refractivity contribution < 1.29 is 9.47 Å². The van der Waals surface area contributed by atoms with Crippen molar-refractivity contribution >= 4 is 6.08 Å². The molecule has 0 amide bonds. The lowest BCUT2D eigenvalue weighted by Crippen LogP contribution is -2.35. The highest BCUT2D eigenvalue weighted by Crippen LogP contribution is 2.28. The molecule has 2 aromatic rings. The van der Waals surface area contributed by atoms with E-state index in [-0.39, 0.29) is 0 Å². The molecule has 152 valence electrons. The van der Waals surface area contributed by atoms with Crippen LogP contribution in [0.5, 0.6) is 0 Å². The summed E-state index contributed by atoms with van der Waals surface area (Å²) in [4.78, 5) is 10.5. The van der Waals surface area contributed by atoms with Crippen LogP contribution in [0.3, 0.4) is 0 Å². The van der Waals surface area contributed by atoms with Gasteiger partial charge in [-0.25, -0.2) is 4.98 Å². The first-order valence-corrected chi connectivity index (χ1v) is 10.4. The third kappa shape index (κ3) is 5.05. The molecule has 1 aromatic carbocycles. The number of imidazole rings is 1. The standard InChI is InChI=1S/C24H29N3O2/c1-2-28-15-3-4-19-5-7-21(8-6-19)24-25-18-23(26-24)20-9-11-22(12-10-20)27-13-16-29-17-14-27/h3-9,11-12,18,20H,2,10,13-17H2,1H3,(H,25,26)/b4-3+. The minimum absolute atomic E-state index is 0.349. The Balaban J connectivity index is 1.37. The van der Waals surface area contributed by atoms with Crippen molar-refractivity contribution in [3.05, 3.63) is 71.7 Å². The smallest absolute Gasteiger partial charge is 0.137 e. The number of rotatable bonds is 7. The second kappa shape index (κ2) is 9.72. The van der Waals surface area contributed by atoms with E-state index < -0.39 is 0 Å². The van der Waals surface area contributed by atoms with E-state index in [9.17, 15) is 0 Å². The third-order valence-electron chi connectivity index (χ3n) is 5.36. The number of hydrogen-bond donors (Lipinski definition) is 1. The predicted molar refractivity (Wildman–Crippen MR) is 117 cm³/mol. The Kier molecular flexibility index (Phi) is 6.60. The normalized spacial score (nSPS) is 19.7. The van der Waals surface area contributed by atoms with Crippen LogP contribution in [-0.2, 0) is 9.47 Å². The molecule has 5 heteroatoms. The number of H-pyrrole nitrogens is 1. The summed E-state index contributed by atoms with van der Waals surface area (Å²) < 4.78 is 10.8. The molecule has 2 heterocycles. The summed E-state index contributed by atoms with van der Waals surface area (Å²) >= 11 is 0. The van der Waals surface area contributed by atoms with Crippen LogP contribution in [-0.4, -0.2) is 54.4 Å². The average Bonchev–Trinajstić information content (AvgIpc) is 3.28. The van der Waals surface area contributed by atoms with E-state index in [0.717, 1.165) is 62.0 Å². The fraction of sp³-hybridized carbons (Fsp3) is 0.375. The predicted octanol–water partition coefficient (Wildman–Crippen LogP) is 4.39. The molecule has 1 saturated heterocycles. The molecule has 1 aliphatic heterocycles. The van der Waals surface area contributed by atoms with Gasteiger partial charge in [0.2, 0.25) is 0 Å². The van der Waals surface area contributed by atoms with Crippen molar-refractivity contribution in [3.8, 4) is 11.4 Å². The molecular weight excluding hydrogens is 362 g/mol. The maximum atomic E-state index is 5.45. The summed E-state index contributed by atoms with van der Waals surface area (Å²) in [5, 5.41) is 0. The average molecular weight is 392 g/mol. The van der Waals surface area contributed by atoms with Gasteiger partial charge in [0.25, 0.3) is 0 Å². The van der Waals surface area contributed by atoms with E-state index in [1.54, 1.807) is 0 Å². The number of allylic oxidation sites excluding steroid dienone is 3. The van der Waals surface area contributed by atoms with E-state index in [4.69, 9.17) is 9.47 Å². The van der Waals surface area contributed by atoms with Crippen LogP contribution in [0.15, 0.2) is 60.5 Å². The molecule has 1 atom stereocenters. The summed E-state index contributed by atoms with van der Waals surface area (Å²) in [6.45, 7) is 6.99. The van der Waals surface area contributed by atoms with Crippen molar-refractivity contribution in [1.82, 2.24) is 14.9 Å². The number of aromatic nitrogens is 2. The van der Waals surface area contributed by atoms with Gasteiger partial charge in [0.1, 0.15) is 5.82 Å². The lowest BCUT2D eigenvalue weighted by atomic mass is 9.96. The van der Waals surface area contributed by atoms with Crippen molar-refractivity contribution in [3.63, 3.8) is 0 Å². The molecule has 29 heavy (non-hydrogen) atoms. The zero-order valence-corrected chi connectivity index (χ0v) is 17.0. The van der Waals surface area contributed by atoms with Gasteiger partial charge in [0, 0.05) is 48.8 Å². The van der Waals surface area contributed by atoms with Crippen LogP contribution < -0.4 is 0 Å². The van der Waals surface area contributed by atoms with Crippen LogP contribution in [0.25, 0.3) is 17.5 Å². The monoisotopic (exact) mass is 391 g/mol. The molecule has 1 aliphatic carbocycles. The lowest BCUT2D eigenvalue weighted by Gasteiger charge is -2.31. The van der Waals surface area contributed by atoms with Crippen LogP contribution >= 0.6 is 0 Å². The fourth-order valence-electron chi connectivity index (χ4n) is 3.69. The Morgan fingerprint density at radius 1 is 1.24 bits per heavy atom. The second-order valence-corrected chi connectivity index (χ2v) is 7.30. The molecule has 2 aliphatic rings. The van der Waals surface area contributed by atoms with Crippen molar-refractivity contribution in [2.24, 2.45) is 0 Å². The Morgan fingerprint density at radius 2 is 2.07 bits per heavy atom. The summed E-state index contributed by atoms with van der Waals surface area (Å²) in [5.74, 6) is 1.27. The first-order chi connectivity index (χ1) is 14.3. The van der Waals surface area contributed by atoms with Gasteiger partial charge in [-0.3, -0.25) is 0 Å². The first kappa shape index (κ1) is 19.7. The Labute approximate surface area is 172 Å². The molecular formula is C24H29N3O2. The van der Waals surface area contributed by atoms with Gasteiger partial charge in [-0.2, -0.15) is 0 Å². The molecule has 1 fully saturated rings. The number of nitrogens with one attached hydrogen (secondary N) is 1. The zero-order chi connectivity index (χ0) is 19.9. The highest BCUT2D eigenvalue weighted by molar-refractivity contribution is 5.60. The number of aromatic amines is 1. The highest BCUT2D eigenvalue weighted by atomic mass is 16.5. The molecule has 1 unspecified atom stereocenters. The largest absolute Gasteiger partial charge is 0.378 e. The van der Waals surface area contributed by atoms with E-state index >= 15 is 0 Å². The summed E-state index contributed by atoms with van der Waals surface area (Å²) in [6, 6.07) is 8.43. The van der Waals surface area contributed by atoms with Gasteiger partial charge < -0.3 is 19.4 Å². The van der Waals surface area contributed by atoms with Crippen LogP contribution in [0, 0.1) is 0 Å². The molecule has 1 aromatic heterocycles.